The van der Waals surface area contributed by atoms with Crippen LogP contribution >= 0.6 is 11.6 Å². The second-order valence-electron chi connectivity index (χ2n) is 5.00. The number of likely N-dealkylation sites (tertiary alicyclic amines) is 1. The summed E-state index contributed by atoms with van der Waals surface area (Å²) in [6, 6.07) is 4.27. The summed E-state index contributed by atoms with van der Waals surface area (Å²) in [6.07, 6.45) is 1.26. The highest BCUT2D eigenvalue weighted by atomic mass is 35.5. The van der Waals surface area contributed by atoms with Gasteiger partial charge in [-0.05, 0) is 12.1 Å². The molecule has 1 aromatic carbocycles. The lowest BCUT2D eigenvalue weighted by Gasteiger charge is -2.37. The molecule has 1 spiro atoms. The molecule has 0 bridgehead atoms. The number of rotatable bonds is 1. The smallest absolute Gasteiger partial charge is 0.255 e. The maximum absolute atomic E-state index is 13.4. The van der Waals surface area contributed by atoms with Crippen LogP contribution in [0.1, 0.15) is 23.2 Å². The SMILES string of the molecule is O=C(c1cccc(F)c1Cl)N1CCC2(CC1)OCCO2. The Morgan fingerprint density at radius 3 is 2.55 bits per heavy atom. The number of halogens is 2. The Bertz CT molecular complexity index is 521. The third-order valence-corrected chi connectivity index (χ3v) is 4.19. The first-order valence-electron chi connectivity index (χ1n) is 6.62. The molecule has 108 valence electrons. The highest BCUT2D eigenvalue weighted by Gasteiger charge is 2.41. The number of carbonyl (C=O) groups is 1. The molecular formula is C14H15ClFNO3. The molecule has 1 amide bonds. The quantitative estimate of drug-likeness (QED) is 0.799. The molecule has 1 aromatic rings. The second-order valence-corrected chi connectivity index (χ2v) is 5.38. The molecule has 6 heteroatoms. The number of hydrogen-bond donors (Lipinski definition) is 0. The molecule has 2 heterocycles. The minimum Gasteiger partial charge on any atom is -0.347 e. The predicted octanol–water partition coefficient (Wildman–Crippen LogP) is 2.46. The van der Waals surface area contributed by atoms with E-state index in [0.717, 1.165) is 0 Å². The van der Waals surface area contributed by atoms with Crippen LogP contribution in [0.15, 0.2) is 18.2 Å². The van der Waals surface area contributed by atoms with Gasteiger partial charge in [0.2, 0.25) is 0 Å². The molecule has 0 atom stereocenters. The van der Waals surface area contributed by atoms with E-state index in [1.807, 2.05) is 0 Å². The lowest BCUT2D eigenvalue weighted by Crippen LogP contribution is -2.47. The summed E-state index contributed by atoms with van der Waals surface area (Å²) >= 11 is 5.86. The van der Waals surface area contributed by atoms with E-state index in [2.05, 4.69) is 0 Å². The Hall–Kier alpha value is -1.17. The number of amides is 1. The Balaban J connectivity index is 1.71. The monoisotopic (exact) mass is 299 g/mol. The Kier molecular flexibility index (Phi) is 3.67. The number of piperidine rings is 1. The van der Waals surface area contributed by atoms with Crippen molar-refractivity contribution >= 4 is 17.5 Å². The maximum atomic E-state index is 13.4. The van der Waals surface area contributed by atoms with Gasteiger partial charge in [-0.3, -0.25) is 4.79 Å². The molecule has 2 aliphatic heterocycles. The van der Waals surface area contributed by atoms with Gasteiger partial charge in [-0.1, -0.05) is 17.7 Å². The molecule has 2 fully saturated rings. The van der Waals surface area contributed by atoms with Crippen LogP contribution in [0.25, 0.3) is 0 Å². The standard InChI is InChI=1S/C14H15ClFNO3/c15-12-10(2-1-3-11(12)16)13(18)17-6-4-14(5-7-17)19-8-9-20-14/h1-3H,4-9H2. The molecular weight excluding hydrogens is 285 g/mol. The van der Waals surface area contributed by atoms with Crippen molar-refractivity contribution in [3.8, 4) is 0 Å². The molecule has 0 aliphatic carbocycles. The minimum atomic E-state index is -0.576. The van der Waals surface area contributed by atoms with Crippen molar-refractivity contribution in [3.63, 3.8) is 0 Å². The fraction of sp³-hybridized carbons (Fsp3) is 0.500. The molecule has 4 nitrogen and oxygen atoms in total. The van der Waals surface area contributed by atoms with Gasteiger partial charge in [0.25, 0.3) is 5.91 Å². The zero-order chi connectivity index (χ0) is 14.2. The average Bonchev–Trinajstić information content (AvgIpc) is 2.90. The van der Waals surface area contributed by atoms with E-state index < -0.39 is 11.6 Å². The van der Waals surface area contributed by atoms with Crippen LogP contribution in [0.2, 0.25) is 5.02 Å². The Morgan fingerprint density at radius 1 is 1.25 bits per heavy atom. The molecule has 2 aliphatic rings. The molecule has 0 saturated carbocycles. The van der Waals surface area contributed by atoms with Crippen LogP contribution in [0.5, 0.6) is 0 Å². The summed E-state index contributed by atoms with van der Waals surface area (Å²) in [5.74, 6) is -1.35. The number of carbonyl (C=O) groups excluding carboxylic acids is 1. The van der Waals surface area contributed by atoms with Crippen LogP contribution < -0.4 is 0 Å². The fourth-order valence-electron chi connectivity index (χ4n) is 2.68. The first-order valence-corrected chi connectivity index (χ1v) is 7.00. The van der Waals surface area contributed by atoms with Gasteiger partial charge < -0.3 is 14.4 Å². The van der Waals surface area contributed by atoms with Crippen LogP contribution in [0.3, 0.4) is 0 Å². The van der Waals surface area contributed by atoms with E-state index in [-0.39, 0.29) is 16.5 Å². The van der Waals surface area contributed by atoms with Crippen molar-refractivity contribution in [2.45, 2.75) is 18.6 Å². The van der Waals surface area contributed by atoms with Crippen molar-refractivity contribution in [1.82, 2.24) is 4.90 Å². The van der Waals surface area contributed by atoms with Crippen molar-refractivity contribution < 1.29 is 18.7 Å². The summed E-state index contributed by atoms with van der Waals surface area (Å²) < 4.78 is 24.6. The fourth-order valence-corrected chi connectivity index (χ4v) is 2.88. The van der Waals surface area contributed by atoms with Gasteiger partial charge in [0.05, 0.1) is 23.8 Å². The zero-order valence-corrected chi connectivity index (χ0v) is 11.7. The van der Waals surface area contributed by atoms with Crippen LogP contribution in [0, 0.1) is 5.82 Å². The summed E-state index contributed by atoms with van der Waals surface area (Å²) in [5, 5.41) is -0.119. The maximum Gasteiger partial charge on any atom is 0.255 e. The summed E-state index contributed by atoms with van der Waals surface area (Å²) in [6.45, 7) is 2.24. The third kappa shape index (κ3) is 2.41. The first kappa shape index (κ1) is 13.8. The van der Waals surface area contributed by atoms with Crippen molar-refractivity contribution in [3.05, 3.63) is 34.6 Å². The minimum absolute atomic E-state index is 0.119. The normalized spacial score (nSPS) is 21.4. The highest BCUT2D eigenvalue weighted by molar-refractivity contribution is 6.34. The Labute approximate surface area is 121 Å². The Morgan fingerprint density at radius 2 is 1.90 bits per heavy atom. The van der Waals surface area contributed by atoms with Crippen LogP contribution in [0.4, 0.5) is 4.39 Å². The van der Waals surface area contributed by atoms with Crippen molar-refractivity contribution in [2.24, 2.45) is 0 Å². The summed E-state index contributed by atoms with van der Waals surface area (Å²) in [4.78, 5) is 14.0. The summed E-state index contributed by atoms with van der Waals surface area (Å²) in [5.41, 5.74) is 0.205. The van der Waals surface area contributed by atoms with E-state index in [9.17, 15) is 9.18 Å². The van der Waals surface area contributed by atoms with Crippen LogP contribution in [-0.4, -0.2) is 42.9 Å². The van der Waals surface area contributed by atoms with Gasteiger partial charge in [-0.15, -0.1) is 0 Å². The van der Waals surface area contributed by atoms with E-state index >= 15 is 0 Å². The topological polar surface area (TPSA) is 38.8 Å². The third-order valence-electron chi connectivity index (χ3n) is 3.81. The zero-order valence-electron chi connectivity index (χ0n) is 10.9. The van der Waals surface area contributed by atoms with Crippen molar-refractivity contribution in [1.29, 1.82) is 0 Å². The van der Waals surface area contributed by atoms with Gasteiger partial charge >= 0.3 is 0 Å². The van der Waals surface area contributed by atoms with Gasteiger partial charge in [0, 0.05) is 25.9 Å². The number of ether oxygens (including phenoxy) is 2. The van der Waals surface area contributed by atoms with Crippen molar-refractivity contribution in [2.75, 3.05) is 26.3 Å². The van der Waals surface area contributed by atoms with Gasteiger partial charge in [0.1, 0.15) is 5.82 Å². The summed E-state index contributed by atoms with van der Waals surface area (Å²) in [7, 11) is 0. The predicted molar refractivity (Wildman–Crippen MR) is 71.2 cm³/mol. The molecule has 0 unspecified atom stereocenters. The highest BCUT2D eigenvalue weighted by Crippen LogP contribution is 2.32. The average molecular weight is 300 g/mol. The van der Waals surface area contributed by atoms with Gasteiger partial charge in [-0.2, -0.15) is 0 Å². The number of nitrogens with zero attached hydrogens (tertiary/aromatic N) is 1. The number of benzene rings is 1. The molecule has 20 heavy (non-hydrogen) atoms. The van der Waals surface area contributed by atoms with E-state index in [0.29, 0.717) is 39.1 Å². The van der Waals surface area contributed by atoms with E-state index in [1.54, 1.807) is 11.0 Å². The molecule has 2 saturated heterocycles. The van der Waals surface area contributed by atoms with Gasteiger partial charge in [-0.25, -0.2) is 4.39 Å². The number of hydrogen-bond acceptors (Lipinski definition) is 3. The molecule has 3 rings (SSSR count). The lowest BCUT2D eigenvalue weighted by molar-refractivity contribution is -0.181. The largest absolute Gasteiger partial charge is 0.347 e. The van der Waals surface area contributed by atoms with Crippen LogP contribution in [-0.2, 0) is 9.47 Å². The molecule has 0 aromatic heterocycles. The first-order chi connectivity index (χ1) is 9.61. The van der Waals surface area contributed by atoms with Gasteiger partial charge in [0.15, 0.2) is 5.79 Å². The van der Waals surface area contributed by atoms with E-state index in [1.165, 1.54) is 12.1 Å². The molecule has 0 radical (unpaired) electrons. The van der Waals surface area contributed by atoms with E-state index in [4.69, 9.17) is 21.1 Å². The lowest BCUT2D eigenvalue weighted by atomic mass is 10.0. The molecule has 0 N–H and O–H groups in total. The second kappa shape index (κ2) is 5.31.